The van der Waals surface area contributed by atoms with Crippen LogP contribution in [-0.4, -0.2) is 31.2 Å². The van der Waals surface area contributed by atoms with Crippen LogP contribution in [0.4, 0.5) is 11.4 Å². The fourth-order valence-corrected chi connectivity index (χ4v) is 2.69. The zero-order valence-corrected chi connectivity index (χ0v) is 13.3. The first-order valence-electron chi connectivity index (χ1n) is 7.04. The molecule has 0 saturated carbocycles. The maximum Gasteiger partial charge on any atom is 0.102 e. The Morgan fingerprint density at radius 1 is 0.810 bits per heavy atom. The molecule has 3 rings (SSSR count). The van der Waals surface area contributed by atoms with Crippen LogP contribution in [0.25, 0.3) is 0 Å². The van der Waals surface area contributed by atoms with Gasteiger partial charge in [-0.1, -0.05) is 35.6 Å². The number of piperazine rings is 1. The Morgan fingerprint density at radius 3 is 2.19 bits per heavy atom. The van der Waals surface area contributed by atoms with Gasteiger partial charge in [0, 0.05) is 23.2 Å². The molecule has 0 atom stereocenters. The highest BCUT2D eigenvalue weighted by Crippen LogP contribution is 2.25. The van der Waals surface area contributed by atoms with Gasteiger partial charge in [0.1, 0.15) is 5.69 Å². The van der Waals surface area contributed by atoms with Gasteiger partial charge in [-0.15, -0.1) is 5.11 Å². The molecule has 0 amide bonds. The number of hydrogen-bond donors (Lipinski definition) is 0. The van der Waals surface area contributed by atoms with Gasteiger partial charge in [0.15, 0.2) is 0 Å². The van der Waals surface area contributed by atoms with Crippen molar-refractivity contribution in [1.29, 1.82) is 0 Å². The fraction of sp³-hybridized carbons (Fsp3) is 0.250. The minimum Gasteiger partial charge on any atom is -0.368 e. The first kappa shape index (κ1) is 14.1. The summed E-state index contributed by atoms with van der Waals surface area (Å²) in [5.41, 5.74) is 2.14. The fourth-order valence-electron chi connectivity index (χ4n) is 2.33. The zero-order valence-electron chi connectivity index (χ0n) is 11.7. The van der Waals surface area contributed by atoms with Crippen LogP contribution >= 0.6 is 15.9 Å². The van der Waals surface area contributed by atoms with Gasteiger partial charge in [0.2, 0.25) is 0 Å². The number of benzene rings is 2. The molecule has 0 aromatic heterocycles. The summed E-state index contributed by atoms with van der Waals surface area (Å²) in [6.07, 6.45) is 0. The Labute approximate surface area is 133 Å². The molecule has 0 bridgehead atoms. The second kappa shape index (κ2) is 6.72. The second-order valence-electron chi connectivity index (χ2n) is 4.92. The molecular formula is C16H17BrN4. The lowest BCUT2D eigenvalue weighted by Crippen LogP contribution is -2.43. The van der Waals surface area contributed by atoms with Crippen LogP contribution in [0.3, 0.4) is 0 Å². The van der Waals surface area contributed by atoms with Crippen molar-refractivity contribution in [2.45, 2.75) is 0 Å². The van der Waals surface area contributed by atoms with Gasteiger partial charge in [-0.05, 0) is 40.2 Å². The van der Waals surface area contributed by atoms with E-state index in [9.17, 15) is 0 Å². The quantitative estimate of drug-likeness (QED) is 0.778. The maximum atomic E-state index is 4.34. The zero-order chi connectivity index (χ0) is 14.5. The molecule has 21 heavy (non-hydrogen) atoms. The summed E-state index contributed by atoms with van der Waals surface area (Å²) in [6.45, 7) is 3.73. The minimum absolute atomic E-state index is 0.864. The number of anilines is 1. The van der Waals surface area contributed by atoms with E-state index in [4.69, 9.17) is 0 Å². The van der Waals surface area contributed by atoms with Crippen LogP contribution in [0, 0.1) is 0 Å². The normalized spacial score (nSPS) is 15.7. The molecule has 5 heteroatoms. The van der Waals surface area contributed by atoms with E-state index in [2.05, 4.69) is 55.4 Å². The van der Waals surface area contributed by atoms with Crippen molar-refractivity contribution in [1.82, 2.24) is 5.01 Å². The third-order valence-electron chi connectivity index (χ3n) is 3.51. The van der Waals surface area contributed by atoms with Crippen molar-refractivity contribution < 1.29 is 0 Å². The van der Waals surface area contributed by atoms with Gasteiger partial charge in [-0.3, -0.25) is 5.01 Å². The predicted octanol–water partition coefficient (Wildman–Crippen LogP) is 4.27. The number of halogens is 1. The Kier molecular flexibility index (Phi) is 4.50. The summed E-state index contributed by atoms with van der Waals surface area (Å²) in [5, 5.41) is 10.7. The van der Waals surface area contributed by atoms with Gasteiger partial charge in [-0.2, -0.15) is 0 Å². The van der Waals surface area contributed by atoms with E-state index in [1.807, 2.05) is 35.3 Å². The topological polar surface area (TPSA) is 31.2 Å². The first-order valence-corrected chi connectivity index (χ1v) is 7.83. The van der Waals surface area contributed by atoms with Crippen LogP contribution in [0.5, 0.6) is 0 Å². The molecule has 1 saturated heterocycles. The van der Waals surface area contributed by atoms with Crippen molar-refractivity contribution in [2.24, 2.45) is 10.3 Å². The maximum absolute atomic E-state index is 4.34. The molecular weight excluding hydrogens is 328 g/mol. The summed E-state index contributed by atoms with van der Waals surface area (Å²) in [5.74, 6) is 0. The van der Waals surface area contributed by atoms with Crippen molar-refractivity contribution in [3.63, 3.8) is 0 Å². The summed E-state index contributed by atoms with van der Waals surface area (Å²) < 4.78 is 0.969. The third kappa shape index (κ3) is 3.61. The minimum atomic E-state index is 0.864. The smallest absolute Gasteiger partial charge is 0.102 e. The number of para-hydroxylation sites is 1. The van der Waals surface area contributed by atoms with Crippen LogP contribution in [0.2, 0.25) is 0 Å². The molecule has 0 aliphatic carbocycles. The summed E-state index contributed by atoms with van der Waals surface area (Å²) in [4.78, 5) is 2.38. The third-order valence-corrected chi connectivity index (χ3v) is 4.18. The van der Waals surface area contributed by atoms with Gasteiger partial charge >= 0.3 is 0 Å². The van der Waals surface area contributed by atoms with Gasteiger partial charge in [-0.25, -0.2) is 0 Å². The predicted molar refractivity (Wildman–Crippen MR) is 88.9 cm³/mol. The van der Waals surface area contributed by atoms with Crippen molar-refractivity contribution in [2.75, 3.05) is 31.1 Å². The summed E-state index contributed by atoms with van der Waals surface area (Å²) in [6, 6.07) is 18.4. The monoisotopic (exact) mass is 344 g/mol. The highest BCUT2D eigenvalue weighted by atomic mass is 79.9. The van der Waals surface area contributed by atoms with Crippen molar-refractivity contribution in [3.05, 3.63) is 59.1 Å². The van der Waals surface area contributed by atoms with Crippen molar-refractivity contribution in [3.8, 4) is 0 Å². The molecule has 0 spiro atoms. The lowest BCUT2D eigenvalue weighted by molar-refractivity contribution is 0.254. The SMILES string of the molecule is Brc1ccccc1N=NN1CCN(c2ccccc2)CC1. The molecule has 0 unspecified atom stereocenters. The Balaban J connectivity index is 1.58. The molecule has 108 valence electrons. The van der Waals surface area contributed by atoms with Gasteiger partial charge in [0.05, 0.1) is 13.1 Å². The van der Waals surface area contributed by atoms with Gasteiger partial charge in [0.25, 0.3) is 0 Å². The van der Waals surface area contributed by atoms with Crippen molar-refractivity contribution >= 4 is 27.3 Å². The average molecular weight is 345 g/mol. The summed E-state index contributed by atoms with van der Waals surface area (Å²) in [7, 11) is 0. The van der Waals surface area contributed by atoms with E-state index in [0.717, 1.165) is 36.3 Å². The molecule has 0 N–H and O–H groups in total. The highest BCUT2D eigenvalue weighted by molar-refractivity contribution is 9.10. The van der Waals surface area contributed by atoms with E-state index in [1.54, 1.807) is 0 Å². The molecule has 0 radical (unpaired) electrons. The molecule has 1 heterocycles. The highest BCUT2D eigenvalue weighted by Gasteiger charge is 2.15. The molecule has 1 fully saturated rings. The van der Waals surface area contributed by atoms with Crippen LogP contribution in [0.15, 0.2) is 69.4 Å². The Hall–Kier alpha value is -1.88. The van der Waals surface area contributed by atoms with Crippen LogP contribution in [0.1, 0.15) is 0 Å². The standard InChI is InChI=1S/C16H17BrN4/c17-15-8-4-5-9-16(15)18-19-21-12-10-20(11-13-21)14-6-2-1-3-7-14/h1-9H,10-13H2. The average Bonchev–Trinajstić information content (AvgIpc) is 2.55. The molecule has 1 aliphatic rings. The largest absolute Gasteiger partial charge is 0.368 e. The molecule has 4 nitrogen and oxygen atoms in total. The molecule has 2 aromatic rings. The summed E-state index contributed by atoms with van der Waals surface area (Å²) >= 11 is 3.48. The van der Waals surface area contributed by atoms with E-state index < -0.39 is 0 Å². The number of nitrogens with zero attached hydrogens (tertiary/aromatic N) is 4. The van der Waals surface area contributed by atoms with Crippen LogP contribution in [-0.2, 0) is 0 Å². The molecule has 1 aliphatic heterocycles. The van der Waals surface area contributed by atoms with E-state index >= 15 is 0 Å². The molecule has 2 aromatic carbocycles. The van der Waals surface area contributed by atoms with E-state index in [0.29, 0.717) is 0 Å². The Morgan fingerprint density at radius 2 is 1.48 bits per heavy atom. The Bertz CT molecular complexity index is 607. The lowest BCUT2D eigenvalue weighted by atomic mass is 10.2. The number of hydrogen-bond acceptors (Lipinski definition) is 3. The number of rotatable bonds is 3. The van der Waals surface area contributed by atoms with E-state index in [1.165, 1.54) is 5.69 Å². The second-order valence-corrected chi connectivity index (χ2v) is 5.77. The first-order chi connectivity index (χ1) is 10.3. The van der Waals surface area contributed by atoms with Gasteiger partial charge < -0.3 is 4.90 Å². The van der Waals surface area contributed by atoms with Crippen LogP contribution < -0.4 is 4.90 Å². The lowest BCUT2D eigenvalue weighted by Gasteiger charge is -2.33. The van der Waals surface area contributed by atoms with E-state index in [-0.39, 0.29) is 0 Å².